The van der Waals surface area contributed by atoms with Gasteiger partial charge in [-0.25, -0.2) is 9.69 Å². The number of fused-ring (bicyclic) bond motifs is 1. The predicted octanol–water partition coefficient (Wildman–Crippen LogP) is 4.66. The number of barbiturate groups is 1. The Morgan fingerprint density at radius 1 is 0.848 bits per heavy atom. The monoisotopic (exact) mass is 435 g/mol. The van der Waals surface area contributed by atoms with E-state index in [2.05, 4.69) is 22.0 Å². The Morgan fingerprint density at radius 3 is 2.33 bits per heavy atom. The van der Waals surface area contributed by atoms with Gasteiger partial charge in [-0.15, -0.1) is 0 Å². The largest absolute Gasteiger partial charge is 0.342 e. The average molecular weight is 435 g/mol. The zero-order valence-electron chi connectivity index (χ0n) is 18.0. The standard InChI is InChI=1S/C27H21N3O3/c1-18-9-5-7-13-23(18)30-26(32)22(25(31)28-27(30)33)15-20-17-29(16-19-10-3-2-4-11-19)24-14-8-6-12-21(20)24/h2-15,17H,16H2,1H3,(H,28,31,33). The van der Waals surface area contributed by atoms with Gasteiger partial charge in [-0.2, -0.15) is 0 Å². The lowest BCUT2D eigenvalue weighted by molar-refractivity contribution is -0.122. The van der Waals surface area contributed by atoms with E-state index in [-0.39, 0.29) is 5.57 Å². The van der Waals surface area contributed by atoms with Gasteiger partial charge in [0, 0.05) is 29.2 Å². The molecule has 6 nitrogen and oxygen atoms in total. The summed E-state index contributed by atoms with van der Waals surface area (Å²) in [6.07, 6.45) is 3.50. The smallest absolute Gasteiger partial charge is 0.335 e. The summed E-state index contributed by atoms with van der Waals surface area (Å²) in [6.45, 7) is 2.46. The zero-order valence-corrected chi connectivity index (χ0v) is 18.0. The topological polar surface area (TPSA) is 71.4 Å². The molecular weight excluding hydrogens is 414 g/mol. The number of carbonyl (C=O) groups excluding carboxylic acids is 3. The highest BCUT2D eigenvalue weighted by Crippen LogP contribution is 2.28. The van der Waals surface area contributed by atoms with Gasteiger partial charge in [0.2, 0.25) is 0 Å². The molecule has 2 heterocycles. The van der Waals surface area contributed by atoms with Gasteiger partial charge >= 0.3 is 6.03 Å². The van der Waals surface area contributed by atoms with E-state index in [0.717, 1.165) is 32.5 Å². The van der Waals surface area contributed by atoms with Crippen molar-refractivity contribution >= 4 is 40.5 Å². The minimum Gasteiger partial charge on any atom is -0.342 e. The number of aryl methyl sites for hydroxylation is 1. The summed E-state index contributed by atoms with van der Waals surface area (Å²) >= 11 is 0. The van der Waals surface area contributed by atoms with Crippen molar-refractivity contribution in [3.63, 3.8) is 0 Å². The van der Waals surface area contributed by atoms with E-state index in [9.17, 15) is 14.4 Å². The Balaban J connectivity index is 1.59. The summed E-state index contributed by atoms with van der Waals surface area (Å²) in [5.41, 5.74) is 3.99. The first-order chi connectivity index (χ1) is 16.0. The molecule has 33 heavy (non-hydrogen) atoms. The molecule has 162 valence electrons. The van der Waals surface area contributed by atoms with Crippen molar-refractivity contribution in [2.24, 2.45) is 0 Å². The summed E-state index contributed by atoms with van der Waals surface area (Å²) in [6, 6.07) is 24.2. The van der Waals surface area contributed by atoms with E-state index in [4.69, 9.17) is 0 Å². The van der Waals surface area contributed by atoms with Crippen molar-refractivity contribution in [2.45, 2.75) is 13.5 Å². The summed E-state index contributed by atoms with van der Waals surface area (Å²) in [4.78, 5) is 39.5. The van der Waals surface area contributed by atoms with Crippen LogP contribution >= 0.6 is 0 Å². The Hall–Kier alpha value is -4.45. The number of benzene rings is 3. The van der Waals surface area contributed by atoms with Crippen LogP contribution in [0.2, 0.25) is 0 Å². The molecular formula is C27H21N3O3. The van der Waals surface area contributed by atoms with Gasteiger partial charge in [0.25, 0.3) is 11.8 Å². The fraction of sp³-hybridized carbons (Fsp3) is 0.0741. The van der Waals surface area contributed by atoms with Gasteiger partial charge in [-0.3, -0.25) is 14.9 Å². The van der Waals surface area contributed by atoms with Crippen molar-refractivity contribution in [1.29, 1.82) is 0 Å². The first-order valence-corrected chi connectivity index (χ1v) is 10.6. The summed E-state index contributed by atoms with van der Waals surface area (Å²) < 4.78 is 2.09. The quantitative estimate of drug-likeness (QED) is 0.374. The van der Waals surface area contributed by atoms with Crippen LogP contribution in [0.15, 0.2) is 90.6 Å². The van der Waals surface area contributed by atoms with E-state index >= 15 is 0 Å². The van der Waals surface area contributed by atoms with Gasteiger partial charge in [0.1, 0.15) is 5.57 Å². The minimum atomic E-state index is -0.747. The van der Waals surface area contributed by atoms with Gasteiger partial charge < -0.3 is 4.57 Å². The Labute approximate surface area is 190 Å². The van der Waals surface area contributed by atoms with Gasteiger partial charge in [0.15, 0.2) is 0 Å². The van der Waals surface area contributed by atoms with Crippen LogP contribution in [0.3, 0.4) is 0 Å². The lowest BCUT2D eigenvalue weighted by Crippen LogP contribution is -2.54. The van der Waals surface area contributed by atoms with Crippen molar-refractivity contribution < 1.29 is 14.4 Å². The van der Waals surface area contributed by atoms with Crippen LogP contribution in [0.5, 0.6) is 0 Å². The number of hydrogen-bond donors (Lipinski definition) is 1. The van der Waals surface area contributed by atoms with Crippen molar-refractivity contribution in [1.82, 2.24) is 9.88 Å². The molecule has 4 amide bonds. The average Bonchev–Trinajstić information content (AvgIpc) is 3.16. The second kappa shape index (κ2) is 8.24. The lowest BCUT2D eigenvalue weighted by atomic mass is 10.1. The second-order valence-corrected chi connectivity index (χ2v) is 7.96. The van der Waals surface area contributed by atoms with E-state index in [0.29, 0.717) is 12.2 Å². The molecule has 1 aromatic heterocycles. The molecule has 3 aromatic carbocycles. The number of anilines is 1. The third kappa shape index (κ3) is 3.72. The van der Waals surface area contributed by atoms with Crippen LogP contribution in [-0.2, 0) is 16.1 Å². The van der Waals surface area contributed by atoms with Crippen molar-refractivity contribution in [2.75, 3.05) is 4.90 Å². The number of aromatic nitrogens is 1. The zero-order chi connectivity index (χ0) is 22.9. The SMILES string of the molecule is Cc1ccccc1N1C(=O)NC(=O)C(=Cc2cn(Cc3ccccc3)c3ccccc23)C1=O. The van der Waals surface area contributed by atoms with Crippen molar-refractivity contribution in [3.05, 3.63) is 107 Å². The third-order valence-corrected chi connectivity index (χ3v) is 5.77. The van der Waals surface area contributed by atoms with E-state index < -0.39 is 17.8 Å². The predicted molar refractivity (Wildman–Crippen MR) is 128 cm³/mol. The summed E-state index contributed by atoms with van der Waals surface area (Å²) in [5.74, 6) is -1.34. The first kappa shape index (κ1) is 20.5. The molecule has 0 unspecified atom stereocenters. The molecule has 1 fully saturated rings. The Bertz CT molecular complexity index is 1430. The molecule has 1 N–H and O–H groups in total. The molecule has 1 saturated heterocycles. The fourth-order valence-corrected chi connectivity index (χ4v) is 4.15. The third-order valence-electron chi connectivity index (χ3n) is 5.77. The number of para-hydroxylation sites is 2. The van der Waals surface area contributed by atoms with Gasteiger partial charge in [0.05, 0.1) is 5.69 Å². The summed E-state index contributed by atoms with van der Waals surface area (Å²) in [7, 11) is 0. The van der Waals surface area contributed by atoms with Crippen LogP contribution in [0.4, 0.5) is 10.5 Å². The molecule has 1 aliphatic rings. The van der Waals surface area contributed by atoms with Gasteiger partial charge in [-0.1, -0.05) is 66.7 Å². The highest BCUT2D eigenvalue weighted by molar-refractivity contribution is 6.39. The molecule has 4 aromatic rings. The molecule has 0 spiro atoms. The number of nitrogens with zero attached hydrogens (tertiary/aromatic N) is 2. The highest BCUT2D eigenvalue weighted by Gasteiger charge is 2.37. The number of carbonyl (C=O) groups is 3. The molecule has 0 radical (unpaired) electrons. The van der Waals surface area contributed by atoms with E-state index in [1.54, 1.807) is 18.2 Å². The maximum atomic E-state index is 13.3. The van der Waals surface area contributed by atoms with Gasteiger partial charge in [-0.05, 0) is 36.3 Å². The summed E-state index contributed by atoms with van der Waals surface area (Å²) in [5, 5.41) is 3.22. The van der Waals surface area contributed by atoms with Crippen LogP contribution in [0.25, 0.3) is 17.0 Å². The Morgan fingerprint density at radius 2 is 1.55 bits per heavy atom. The fourth-order valence-electron chi connectivity index (χ4n) is 4.15. The van der Waals surface area contributed by atoms with E-state index in [1.807, 2.05) is 67.7 Å². The van der Waals surface area contributed by atoms with Crippen LogP contribution in [-0.4, -0.2) is 22.4 Å². The van der Waals surface area contributed by atoms with Crippen LogP contribution in [0, 0.1) is 6.92 Å². The number of hydrogen-bond acceptors (Lipinski definition) is 3. The van der Waals surface area contributed by atoms with Crippen LogP contribution < -0.4 is 10.2 Å². The van der Waals surface area contributed by atoms with E-state index in [1.165, 1.54) is 0 Å². The second-order valence-electron chi connectivity index (χ2n) is 7.96. The molecule has 5 rings (SSSR count). The normalized spacial score (nSPS) is 15.4. The number of nitrogens with one attached hydrogen (secondary N) is 1. The van der Waals surface area contributed by atoms with Crippen molar-refractivity contribution in [3.8, 4) is 0 Å². The van der Waals surface area contributed by atoms with Crippen LogP contribution in [0.1, 0.15) is 16.7 Å². The number of urea groups is 1. The number of amides is 4. The maximum Gasteiger partial charge on any atom is 0.335 e. The highest BCUT2D eigenvalue weighted by atomic mass is 16.2. The molecule has 6 heteroatoms. The molecule has 0 atom stereocenters. The molecule has 0 bridgehead atoms. The molecule has 0 saturated carbocycles. The molecule has 0 aliphatic carbocycles. The number of imide groups is 2. The first-order valence-electron chi connectivity index (χ1n) is 10.6. The minimum absolute atomic E-state index is 0.0829. The number of rotatable bonds is 4. The lowest BCUT2D eigenvalue weighted by Gasteiger charge is -2.27. The maximum absolute atomic E-state index is 13.3. The molecule has 1 aliphatic heterocycles. The Kier molecular flexibility index (Phi) is 5.11.